The molecule has 1 unspecified atom stereocenters. The molecule has 0 heterocycles. The molecule has 0 aromatic heterocycles. The van der Waals surface area contributed by atoms with E-state index in [2.05, 4.69) is 15.9 Å². The molecule has 2 aromatic rings. The van der Waals surface area contributed by atoms with Crippen molar-refractivity contribution >= 4 is 15.9 Å². The molecule has 0 bridgehead atoms. The van der Waals surface area contributed by atoms with E-state index in [-0.39, 0.29) is 18.4 Å². The lowest BCUT2D eigenvalue weighted by Gasteiger charge is -2.18. The van der Waals surface area contributed by atoms with Gasteiger partial charge in [0.05, 0.1) is 0 Å². The zero-order valence-electron chi connectivity index (χ0n) is 10.6. The number of benzene rings is 2. The minimum atomic E-state index is -0.395. The Morgan fingerprint density at radius 2 is 1.89 bits per heavy atom. The number of rotatable bonds is 4. The van der Waals surface area contributed by atoms with Gasteiger partial charge in [0, 0.05) is 11.0 Å². The Morgan fingerprint density at radius 1 is 1.21 bits per heavy atom. The summed E-state index contributed by atoms with van der Waals surface area (Å²) in [6.07, 6.45) is -0.357. The van der Waals surface area contributed by atoms with Gasteiger partial charge in [0.15, 0.2) is 11.6 Å². The number of aryl methyl sites for hydroxylation is 1. The molecule has 19 heavy (non-hydrogen) atoms. The van der Waals surface area contributed by atoms with Crippen LogP contribution in [-0.4, -0.2) is 6.54 Å². The highest BCUT2D eigenvalue weighted by Crippen LogP contribution is 2.27. The number of halogens is 2. The number of hydrogen-bond donors (Lipinski definition) is 1. The average Bonchev–Trinajstić information content (AvgIpc) is 2.41. The van der Waals surface area contributed by atoms with Gasteiger partial charge >= 0.3 is 0 Å². The van der Waals surface area contributed by atoms with E-state index >= 15 is 0 Å². The van der Waals surface area contributed by atoms with Crippen LogP contribution in [0.25, 0.3) is 0 Å². The van der Waals surface area contributed by atoms with Crippen LogP contribution in [0.15, 0.2) is 46.9 Å². The van der Waals surface area contributed by atoms with Crippen molar-refractivity contribution in [3.8, 4) is 5.75 Å². The van der Waals surface area contributed by atoms with Crippen LogP contribution in [0.1, 0.15) is 17.2 Å². The fourth-order valence-corrected chi connectivity index (χ4v) is 2.09. The molecule has 0 saturated carbocycles. The topological polar surface area (TPSA) is 35.2 Å². The van der Waals surface area contributed by atoms with Gasteiger partial charge in [-0.3, -0.25) is 0 Å². The average molecular weight is 324 g/mol. The van der Waals surface area contributed by atoms with Crippen molar-refractivity contribution in [2.75, 3.05) is 6.54 Å². The molecular weight excluding hydrogens is 309 g/mol. The lowest BCUT2D eigenvalue weighted by atomic mass is 10.1. The normalized spacial score (nSPS) is 12.2. The van der Waals surface area contributed by atoms with Crippen LogP contribution in [0.4, 0.5) is 4.39 Å². The monoisotopic (exact) mass is 323 g/mol. The first-order valence-corrected chi connectivity index (χ1v) is 6.78. The molecule has 0 aliphatic heterocycles. The zero-order valence-corrected chi connectivity index (χ0v) is 12.2. The third-order valence-corrected chi connectivity index (χ3v) is 3.32. The van der Waals surface area contributed by atoms with Gasteiger partial charge in [0.1, 0.15) is 6.10 Å². The van der Waals surface area contributed by atoms with Gasteiger partial charge in [-0.15, -0.1) is 0 Å². The fraction of sp³-hybridized carbons (Fsp3) is 0.200. The van der Waals surface area contributed by atoms with Crippen molar-refractivity contribution in [1.82, 2.24) is 0 Å². The lowest BCUT2D eigenvalue weighted by molar-refractivity contribution is 0.204. The highest BCUT2D eigenvalue weighted by atomic mass is 79.9. The molecule has 0 fully saturated rings. The highest BCUT2D eigenvalue weighted by Gasteiger charge is 2.14. The van der Waals surface area contributed by atoms with Gasteiger partial charge in [-0.25, -0.2) is 4.39 Å². The van der Waals surface area contributed by atoms with Crippen molar-refractivity contribution < 1.29 is 9.13 Å². The van der Waals surface area contributed by atoms with Gasteiger partial charge in [0.25, 0.3) is 0 Å². The van der Waals surface area contributed by atoms with Gasteiger partial charge < -0.3 is 10.5 Å². The second-order valence-electron chi connectivity index (χ2n) is 4.33. The summed E-state index contributed by atoms with van der Waals surface area (Å²) in [4.78, 5) is 0. The standard InChI is InChI=1S/C15H15BrFNO/c1-10-2-4-11(5-3-10)15(9-18)19-14-8-12(16)6-7-13(14)17/h2-8,15H,9,18H2,1H3. The smallest absolute Gasteiger partial charge is 0.165 e. The molecule has 2 aromatic carbocycles. The van der Waals surface area contributed by atoms with Crippen LogP contribution in [0.5, 0.6) is 5.75 Å². The molecule has 2 nitrogen and oxygen atoms in total. The SMILES string of the molecule is Cc1ccc(C(CN)Oc2cc(Br)ccc2F)cc1. The molecule has 2 rings (SSSR count). The number of ether oxygens (including phenoxy) is 1. The molecule has 0 aliphatic rings. The quantitative estimate of drug-likeness (QED) is 0.923. The molecule has 0 aliphatic carbocycles. The maximum Gasteiger partial charge on any atom is 0.165 e. The van der Waals surface area contributed by atoms with E-state index in [1.165, 1.54) is 6.07 Å². The third-order valence-electron chi connectivity index (χ3n) is 2.83. The van der Waals surface area contributed by atoms with E-state index in [1.54, 1.807) is 12.1 Å². The minimum Gasteiger partial charge on any atom is -0.481 e. The summed E-state index contributed by atoms with van der Waals surface area (Å²) < 4.78 is 20.1. The Bertz CT molecular complexity index is 557. The Kier molecular flexibility index (Phi) is 4.56. The maximum atomic E-state index is 13.7. The van der Waals surface area contributed by atoms with E-state index in [4.69, 9.17) is 10.5 Å². The first-order chi connectivity index (χ1) is 9.10. The van der Waals surface area contributed by atoms with E-state index < -0.39 is 5.82 Å². The molecule has 100 valence electrons. The van der Waals surface area contributed by atoms with Crippen molar-refractivity contribution in [3.63, 3.8) is 0 Å². The molecule has 0 amide bonds. The van der Waals surface area contributed by atoms with Gasteiger partial charge in [-0.1, -0.05) is 45.8 Å². The summed E-state index contributed by atoms with van der Waals surface area (Å²) in [5.74, 6) is -0.195. The maximum absolute atomic E-state index is 13.7. The molecule has 0 saturated heterocycles. The lowest BCUT2D eigenvalue weighted by Crippen LogP contribution is -2.18. The summed E-state index contributed by atoms with van der Waals surface area (Å²) in [5.41, 5.74) is 7.82. The van der Waals surface area contributed by atoms with Crippen molar-refractivity contribution in [1.29, 1.82) is 0 Å². The van der Waals surface area contributed by atoms with E-state index in [1.807, 2.05) is 31.2 Å². The molecule has 1 atom stereocenters. The highest BCUT2D eigenvalue weighted by molar-refractivity contribution is 9.10. The van der Waals surface area contributed by atoms with E-state index in [9.17, 15) is 4.39 Å². The van der Waals surface area contributed by atoms with Crippen molar-refractivity contribution in [2.24, 2.45) is 5.73 Å². The van der Waals surface area contributed by atoms with Gasteiger partial charge in [0.2, 0.25) is 0 Å². The van der Waals surface area contributed by atoms with Crippen LogP contribution >= 0.6 is 15.9 Å². The second-order valence-corrected chi connectivity index (χ2v) is 5.24. The molecule has 4 heteroatoms. The third kappa shape index (κ3) is 3.55. The number of nitrogens with two attached hydrogens (primary N) is 1. The predicted octanol–water partition coefficient (Wildman–Crippen LogP) is 3.98. The number of hydrogen-bond acceptors (Lipinski definition) is 2. The molecule has 0 radical (unpaired) electrons. The van der Waals surface area contributed by atoms with Crippen LogP contribution in [0, 0.1) is 12.7 Å². The summed E-state index contributed by atoms with van der Waals surface area (Å²) in [5, 5.41) is 0. The second kappa shape index (κ2) is 6.17. The zero-order chi connectivity index (χ0) is 13.8. The summed E-state index contributed by atoms with van der Waals surface area (Å²) in [6, 6.07) is 12.5. The fourth-order valence-electron chi connectivity index (χ4n) is 1.75. The molecular formula is C15H15BrFNO. The van der Waals surface area contributed by atoms with Gasteiger partial charge in [-0.2, -0.15) is 0 Å². The van der Waals surface area contributed by atoms with Gasteiger partial charge in [-0.05, 0) is 30.7 Å². The van der Waals surface area contributed by atoms with Crippen LogP contribution in [-0.2, 0) is 0 Å². The Hall–Kier alpha value is -1.39. The van der Waals surface area contributed by atoms with Crippen molar-refractivity contribution in [2.45, 2.75) is 13.0 Å². The summed E-state index contributed by atoms with van der Waals surface area (Å²) in [7, 11) is 0. The summed E-state index contributed by atoms with van der Waals surface area (Å²) >= 11 is 3.30. The van der Waals surface area contributed by atoms with E-state index in [0.717, 1.165) is 15.6 Å². The van der Waals surface area contributed by atoms with Crippen LogP contribution < -0.4 is 10.5 Å². The Morgan fingerprint density at radius 3 is 2.53 bits per heavy atom. The molecule has 2 N–H and O–H groups in total. The van der Waals surface area contributed by atoms with E-state index in [0.29, 0.717) is 0 Å². The minimum absolute atomic E-state index is 0.199. The Balaban J connectivity index is 2.23. The Labute approximate surface area is 120 Å². The van der Waals surface area contributed by atoms with Crippen LogP contribution in [0.3, 0.4) is 0 Å². The predicted molar refractivity (Wildman–Crippen MR) is 77.7 cm³/mol. The first-order valence-electron chi connectivity index (χ1n) is 5.98. The largest absolute Gasteiger partial charge is 0.481 e. The first kappa shape index (κ1) is 14.0. The van der Waals surface area contributed by atoms with Crippen molar-refractivity contribution in [3.05, 3.63) is 63.9 Å². The van der Waals surface area contributed by atoms with Crippen LogP contribution in [0.2, 0.25) is 0 Å². The summed E-state index contributed by atoms with van der Waals surface area (Å²) in [6.45, 7) is 2.30. The molecule has 0 spiro atoms.